The fraction of sp³-hybridized carbons (Fsp3) is 0.529. The summed E-state index contributed by atoms with van der Waals surface area (Å²) in [6.45, 7) is 4.60. The number of nitrogens with zero attached hydrogens (tertiary/aromatic N) is 2. The largest absolute Gasteiger partial charge is 0.373 e. The quantitative estimate of drug-likeness (QED) is 0.868. The van der Waals surface area contributed by atoms with Gasteiger partial charge in [-0.3, -0.25) is 9.36 Å². The highest BCUT2D eigenvalue weighted by molar-refractivity contribution is 5.85. The number of ether oxygens (including phenoxy) is 1. The fourth-order valence-electron chi connectivity index (χ4n) is 3.74. The summed E-state index contributed by atoms with van der Waals surface area (Å²) in [4.78, 5) is 17.3. The van der Waals surface area contributed by atoms with Gasteiger partial charge in [-0.15, -0.1) is 12.4 Å². The first-order chi connectivity index (χ1) is 10.7. The minimum Gasteiger partial charge on any atom is -0.373 e. The van der Waals surface area contributed by atoms with Gasteiger partial charge in [-0.05, 0) is 51.4 Å². The van der Waals surface area contributed by atoms with E-state index in [1.165, 1.54) is 0 Å². The third kappa shape index (κ3) is 2.89. The van der Waals surface area contributed by atoms with Gasteiger partial charge in [0.05, 0.1) is 35.5 Å². The van der Waals surface area contributed by atoms with Crippen LogP contribution in [-0.4, -0.2) is 34.8 Å². The number of aryl methyl sites for hydroxylation is 1. The summed E-state index contributed by atoms with van der Waals surface area (Å²) in [6.07, 6.45) is 4.65. The molecule has 3 heterocycles. The van der Waals surface area contributed by atoms with Crippen molar-refractivity contribution in [2.24, 2.45) is 0 Å². The number of hydrogen-bond donors (Lipinski definition) is 1. The fourth-order valence-corrected chi connectivity index (χ4v) is 3.74. The zero-order chi connectivity index (χ0) is 15.2. The standard InChI is InChI=1S/C17H21N3O2.ClH/c1-12-2-3-15-14(8-12)16(21)20(11-19-15)13-9-17(22-10-13)4-6-18-7-5-17;/h2-3,8,11,13,18H,4-7,9-10H2,1H3;1H. The predicted octanol–water partition coefficient (Wildman–Crippen LogP) is 2.21. The lowest BCUT2D eigenvalue weighted by atomic mass is 9.88. The molecular weight excluding hydrogens is 314 g/mol. The molecule has 2 fully saturated rings. The first kappa shape index (κ1) is 16.4. The molecule has 0 bridgehead atoms. The van der Waals surface area contributed by atoms with Crippen LogP contribution in [0.1, 0.15) is 30.9 Å². The summed E-state index contributed by atoms with van der Waals surface area (Å²) >= 11 is 0. The van der Waals surface area contributed by atoms with Crippen LogP contribution in [0.25, 0.3) is 10.9 Å². The summed E-state index contributed by atoms with van der Waals surface area (Å²) < 4.78 is 7.89. The van der Waals surface area contributed by atoms with Gasteiger partial charge in [0.15, 0.2) is 0 Å². The van der Waals surface area contributed by atoms with Gasteiger partial charge >= 0.3 is 0 Å². The van der Waals surface area contributed by atoms with Crippen LogP contribution < -0.4 is 10.9 Å². The summed E-state index contributed by atoms with van der Waals surface area (Å²) in [5.74, 6) is 0. The molecular formula is C17H22ClN3O2. The zero-order valence-corrected chi connectivity index (χ0v) is 14.1. The maximum absolute atomic E-state index is 12.8. The van der Waals surface area contributed by atoms with Crippen molar-refractivity contribution in [1.29, 1.82) is 0 Å². The smallest absolute Gasteiger partial charge is 0.261 e. The van der Waals surface area contributed by atoms with Crippen LogP contribution >= 0.6 is 12.4 Å². The first-order valence-electron chi connectivity index (χ1n) is 7.99. The molecule has 1 N–H and O–H groups in total. The average Bonchev–Trinajstić information content (AvgIpc) is 2.92. The van der Waals surface area contributed by atoms with Crippen molar-refractivity contribution < 1.29 is 4.74 Å². The lowest BCUT2D eigenvalue weighted by Gasteiger charge is -2.32. The number of hydrogen-bond acceptors (Lipinski definition) is 4. The van der Waals surface area contributed by atoms with Crippen LogP contribution in [0.4, 0.5) is 0 Å². The monoisotopic (exact) mass is 335 g/mol. The van der Waals surface area contributed by atoms with Crippen LogP contribution in [0.5, 0.6) is 0 Å². The SMILES string of the molecule is Cc1ccc2ncn(C3COC4(CCNCC4)C3)c(=O)c2c1.Cl. The molecule has 1 aromatic heterocycles. The molecule has 1 spiro atoms. The number of nitrogens with one attached hydrogen (secondary N) is 1. The Morgan fingerprint density at radius 3 is 2.91 bits per heavy atom. The van der Waals surface area contributed by atoms with Crippen molar-refractivity contribution in [2.75, 3.05) is 19.7 Å². The lowest BCUT2D eigenvalue weighted by Crippen LogP contribution is -2.41. The van der Waals surface area contributed by atoms with Gasteiger partial charge in [0, 0.05) is 0 Å². The van der Waals surface area contributed by atoms with E-state index >= 15 is 0 Å². The molecule has 0 saturated carbocycles. The molecule has 0 aliphatic carbocycles. The van der Waals surface area contributed by atoms with E-state index in [0.29, 0.717) is 12.0 Å². The molecule has 6 heteroatoms. The molecule has 1 unspecified atom stereocenters. The molecule has 0 amide bonds. The minimum atomic E-state index is -0.0447. The molecule has 2 aromatic rings. The van der Waals surface area contributed by atoms with Gasteiger partial charge in [0.1, 0.15) is 0 Å². The van der Waals surface area contributed by atoms with E-state index < -0.39 is 0 Å². The van der Waals surface area contributed by atoms with Crippen LogP contribution in [0.2, 0.25) is 0 Å². The Morgan fingerprint density at radius 1 is 1.35 bits per heavy atom. The van der Waals surface area contributed by atoms with Crippen LogP contribution in [0.3, 0.4) is 0 Å². The van der Waals surface area contributed by atoms with Crippen molar-refractivity contribution in [1.82, 2.24) is 14.9 Å². The molecule has 2 aliphatic heterocycles. The molecule has 4 rings (SSSR count). The number of halogens is 1. The molecule has 124 valence electrons. The molecule has 5 nitrogen and oxygen atoms in total. The second kappa shape index (κ2) is 6.23. The molecule has 23 heavy (non-hydrogen) atoms. The highest BCUT2D eigenvalue weighted by atomic mass is 35.5. The van der Waals surface area contributed by atoms with Crippen LogP contribution in [0.15, 0.2) is 29.3 Å². The topological polar surface area (TPSA) is 56.1 Å². The number of piperidine rings is 1. The Hall–Kier alpha value is -1.43. The van der Waals surface area contributed by atoms with Crippen molar-refractivity contribution in [2.45, 2.75) is 37.8 Å². The van der Waals surface area contributed by atoms with Gasteiger partial charge in [0.2, 0.25) is 0 Å². The maximum Gasteiger partial charge on any atom is 0.261 e. The normalized spacial score (nSPS) is 23.1. The zero-order valence-electron chi connectivity index (χ0n) is 13.2. The van der Waals surface area contributed by atoms with Gasteiger partial charge in [-0.1, -0.05) is 11.6 Å². The second-order valence-corrected chi connectivity index (χ2v) is 6.58. The van der Waals surface area contributed by atoms with Gasteiger partial charge in [-0.25, -0.2) is 4.98 Å². The lowest BCUT2D eigenvalue weighted by molar-refractivity contribution is -0.0196. The Balaban J connectivity index is 0.00000156. The molecule has 2 saturated heterocycles. The van der Waals surface area contributed by atoms with E-state index in [1.807, 2.05) is 25.1 Å². The van der Waals surface area contributed by atoms with Crippen molar-refractivity contribution >= 4 is 23.3 Å². The highest BCUT2D eigenvalue weighted by Gasteiger charge is 2.42. The summed E-state index contributed by atoms with van der Waals surface area (Å²) in [5, 5.41) is 4.07. The second-order valence-electron chi connectivity index (χ2n) is 6.58. The molecule has 1 atom stereocenters. The Labute approximate surface area is 141 Å². The number of aromatic nitrogens is 2. The third-order valence-corrected chi connectivity index (χ3v) is 5.04. The summed E-state index contributed by atoms with van der Waals surface area (Å²) in [5.41, 5.74) is 1.86. The van der Waals surface area contributed by atoms with Crippen molar-refractivity contribution in [3.05, 3.63) is 40.4 Å². The van der Waals surface area contributed by atoms with Gasteiger partial charge in [0.25, 0.3) is 5.56 Å². The molecule has 1 aromatic carbocycles. The summed E-state index contributed by atoms with van der Waals surface area (Å²) in [7, 11) is 0. The Bertz CT molecular complexity index is 768. The Kier molecular flexibility index (Phi) is 4.45. The van der Waals surface area contributed by atoms with Gasteiger partial charge < -0.3 is 10.1 Å². The predicted molar refractivity (Wildman–Crippen MR) is 92.4 cm³/mol. The van der Waals surface area contributed by atoms with E-state index in [0.717, 1.165) is 43.4 Å². The van der Waals surface area contributed by atoms with Crippen LogP contribution in [-0.2, 0) is 4.74 Å². The Morgan fingerprint density at radius 2 is 2.13 bits per heavy atom. The number of fused-ring (bicyclic) bond motifs is 1. The third-order valence-electron chi connectivity index (χ3n) is 5.04. The first-order valence-corrected chi connectivity index (χ1v) is 7.99. The van der Waals surface area contributed by atoms with E-state index in [9.17, 15) is 4.79 Å². The highest BCUT2D eigenvalue weighted by Crippen LogP contribution is 2.38. The average molecular weight is 336 g/mol. The molecule has 0 radical (unpaired) electrons. The number of rotatable bonds is 1. The van der Waals surface area contributed by atoms with Crippen molar-refractivity contribution in [3.8, 4) is 0 Å². The van der Waals surface area contributed by atoms with Crippen molar-refractivity contribution in [3.63, 3.8) is 0 Å². The summed E-state index contributed by atoms with van der Waals surface area (Å²) in [6, 6.07) is 5.93. The van der Waals surface area contributed by atoms with E-state index in [1.54, 1.807) is 10.9 Å². The molecule has 2 aliphatic rings. The van der Waals surface area contributed by atoms with E-state index in [2.05, 4.69) is 10.3 Å². The maximum atomic E-state index is 12.8. The minimum absolute atomic E-state index is 0. The van der Waals surface area contributed by atoms with E-state index in [4.69, 9.17) is 4.74 Å². The van der Waals surface area contributed by atoms with Crippen LogP contribution in [0, 0.1) is 6.92 Å². The number of benzene rings is 1. The van der Waals surface area contributed by atoms with Gasteiger partial charge in [-0.2, -0.15) is 0 Å². The van der Waals surface area contributed by atoms with E-state index in [-0.39, 0.29) is 29.6 Å².